The van der Waals surface area contributed by atoms with Gasteiger partial charge in [0, 0.05) is 31.9 Å². The molecule has 1 aromatic carbocycles. The third kappa shape index (κ3) is 3.16. The molecule has 4 aliphatic rings. The van der Waals surface area contributed by atoms with E-state index in [4.69, 9.17) is 0 Å². The minimum atomic E-state index is -0.00256. The number of aromatic nitrogens is 1. The number of carbonyl (C=O) groups is 1. The highest BCUT2D eigenvalue weighted by Crippen LogP contribution is 2.38. The van der Waals surface area contributed by atoms with Crippen molar-refractivity contribution < 1.29 is 4.79 Å². The third-order valence-corrected chi connectivity index (χ3v) is 6.83. The maximum Gasteiger partial charge on any atom is 0.223 e. The molecule has 4 nitrogen and oxygen atoms in total. The van der Waals surface area contributed by atoms with Crippen LogP contribution in [-0.4, -0.2) is 46.9 Å². The Morgan fingerprint density at radius 2 is 1.93 bits per heavy atom. The van der Waals surface area contributed by atoms with E-state index in [0.717, 1.165) is 31.0 Å². The van der Waals surface area contributed by atoms with Gasteiger partial charge in [-0.2, -0.15) is 0 Å². The predicted octanol–water partition coefficient (Wildman–Crippen LogP) is 3.29. The molecule has 140 valence electrons. The first kappa shape index (κ1) is 16.9. The molecule has 27 heavy (non-hydrogen) atoms. The van der Waals surface area contributed by atoms with E-state index in [0.29, 0.717) is 18.2 Å². The number of hydrogen-bond donors (Lipinski definition) is 0. The molecule has 0 N–H and O–H groups in total. The van der Waals surface area contributed by atoms with Crippen molar-refractivity contribution in [2.75, 3.05) is 26.2 Å². The van der Waals surface area contributed by atoms with Crippen molar-refractivity contribution in [3.63, 3.8) is 0 Å². The van der Waals surface area contributed by atoms with Gasteiger partial charge in [0.25, 0.3) is 0 Å². The first-order chi connectivity index (χ1) is 13.3. The van der Waals surface area contributed by atoms with Crippen LogP contribution < -0.4 is 0 Å². The van der Waals surface area contributed by atoms with E-state index in [1.807, 2.05) is 12.3 Å². The third-order valence-electron chi connectivity index (χ3n) is 6.83. The average Bonchev–Trinajstić information content (AvgIpc) is 2.74. The summed E-state index contributed by atoms with van der Waals surface area (Å²) in [6.07, 6.45) is 7.90. The zero-order chi connectivity index (χ0) is 18.2. The number of nitrogens with zero attached hydrogens (tertiary/aromatic N) is 3. The summed E-state index contributed by atoms with van der Waals surface area (Å²) in [5, 5.41) is 0. The SMILES string of the molecule is O=C(C[C@@H]1CN2CCC1CC2)N1CCc2ccccc2[C@@H]1c1cccnc1. The molecule has 1 amide bonds. The Morgan fingerprint density at radius 3 is 2.67 bits per heavy atom. The molecule has 2 atom stereocenters. The van der Waals surface area contributed by atoms with Crippen LogP contribution >= 0.6 is 0 Å². The van der Waals surface area contributed by atoms with Gasteiger partial charge in [-0.25, -0.2) is 0 Å². The summed E-state index contributed by atoms with van der Waals surface area (Å²) >= 11 is 0. The van der Waals surface area contributed by atoms with Crippen LogP contribution in [0.5, 0.6) is 0 Å². The van der Waals surface area contributed by atoms with E-state index in [1.54, 1.807) is 6.20 Å². The Morgan fingerprint density at radius 1 is 1.07 bits per heavy atom. The number of benzene rings is 1. The molecule has 0 aliphatic carbocycles. The molecule has 4 aliphatic heterocycles. The fourth-order valence-electron chi connectivity index (χ4n) is 5.39. The Labute approximate surface area is 161 Å². The molecular weight excluding hydrogens is 334 g/mol. The topological polar surface area (TPSA) is 36.4 Å². The van der Waals surface area contributed by atoms with Crippen LogP contribution in [0.25, 0.3) is 0 Å². The summed E-state index contributed by atoms with van der Waals surface area (Å²) in [4.78, 5) is 22.4. The van der Waals surface area contributed by atoms with Crippen LogP contribution in [0.1, 0.15) is 42.0 Å². The molecular formula is C23H27N3O. The van der Waals surface area contributed by atoms with Crippen LogP contribution in [0.15, 0.2) is 48.8 Å². The predicted molar refractivity (Wildman–Crippen MR) is 105 cm³/mol. The molecule has 0 spiro atoms. The standard InChI is InChI=1S/C23H27N3O/c27-22(14-20-16-25-11-7-17(20)8-12-25)26-13-9-18-4-1-2-6-21(18)23(26)19-5-3-10-24-15-19/h1-6,10,15,17,20,23H,7-9,11-14,16H2/t20-,23+/m1/s1. The van der Waals surface area contributed by atoms with Gasteiger partial charge in [0.1, 0.15) is 0 Å². The maximum absolute atomic E-state index is 13.4. The minimum absolute atomic E-state index is 0.00256. The second-order valence-corrected chi connectivity index (χ2v) is 8.33. The first-order valence-electron chi connectivity index (χ1n) is 10.3. The van der Waals surface area contributed by atoms with Crippen LogP contribution in [0.4, 0.5) is 0 Å². The van der Waals surface area contributed by atoms with Crippen molar-refractivity contribution >= 4 is 5.91 Å². The maximum atomic E-state index is 13.4. The number of pyridine rings is 1. The average molecular weight is 361 g/mol. The molecule has 2 aromatic rings. The molecule has 0 saturated carbocycles. The summed E-state index contributed by atoms with van der Waals surface area (Å²) < 4.78 is 0. The van der Waals surface area contributed by atoms with Crippen molar-refractivity contribution in [1.82, 2.24) is 14.8 Å². The summed E-state index contributed by atoms with van der Waals surface area (Å²) in [6, 6.07) is 12.6. The lowest BCUT2D eigenvalue weighted by Gasteiger charge is -2.46. The molecule has 5 heterocycles. The summed E-state index contributed by atoms with van der Waals surface area (Å²) in [7, 11) is 0. The summed E-state index contributed by atoms with van der Waals surface area (Å²) in [5.41, 5.74) is 3.74. The molecule has 4 heteroatoms. The molecule has 3 saturated heterocycles. The number of carbonyl (C=O) groups excluding carboxylic acids is 1. The minimum Gasteiger partial charge on any atom is -0.331 e. The van der Waals surface area contributed by atoms with E-state index in [9.17, 15) is 4.79 Å². The van der Waals surface area contributed by atoms with Gasteiger partial charge in [0.2, 0.25) is 5.91 Å². The number of amides is 1. The van der Waals surface area contributed by atoms with Gasteiger partial charge in [-0.05, 0) is 66.9 Å². The van der Waals surface area contributed by atoms with Crippen molar-refractivity contribution in [2.45, 2.75) is 31.7 Å². The lowest BCUT2D eigenvalue weighted by molar-refractivity contribution is -0.136. The van der Waals surface area contributed by atoms with Crippen molar-refractivity contribution in [2.24, 2.45) is 11.8 Å². The zero-order valence-electron chi connectivity index (χ0n) is 15.8. The monoisotopic (exact) mass is 361 g/mol. The van der Waals surface area contributed by atoms with Gasteiger partial charge in [0.05, 0.1) is 6.04 Å². The molecule has 6 rings (SSSR count). The number of hydrogen-bond acceptors (Lipinski definition) is 3. The van der Waals surface area contributed by atoms with Gasteiger partial charge >= 0.3 is 0 Å². The molecule has 0 radical (unpaired) electrons. The number of piperidine rings is 3. The van der Waals surface area contributed by atoms with E-state index in [-0.39, 0.29) is 6.04 Å². The number of rotatable bonds is 3. The van der Waals surface area contributed by atoms with E-state index in [2.05, 4.69) is 45.1 Å². The Balaban J connectivity index is 1.43. The van der Waals surface area contributed by atoms with Gasteiger partial charge in [-0.1, -0.05) is 30.3 Å². The molecule has 0 unspecified atom stereocenters. The quantitative estimate of drug-likeness (QED) is 0.842. The highest BCUT2D eigenvalue weighted by Gasteiger charge is 2.38. The van der Waals surface area contributed by atoms with Crippen molar-refractivity contribution in [3.05, 3.63) is 65.5 Å². The first-order valence-corrected chi connectivity index (χ1v) is 10.3. The lowest BCUT2D eigenvalue weighted by atomic mass is 9.77. The highest BCUT2D eigenvalue weighted by molar-refractivity contribution is 5.78. The Hall–Kier alpha value is -2.20. The highest BCUT2D eigenvalue weighted by atomic mass is 16.2. The molecule has 3 fully saturated rings. The van der Waals surface area contributed by atoms with Gasteiger partial charge in [-0.15, -0.1) is 0 Å². The van der Waals surface area contributed by atoms with Gasteiger partial charge in [0.15, 0.2) is 0 Å². The normalized spacial score (nSPS) is 29.4. The molecule has 1 aromatic heterocycles. The fourth-order valence-corrected chi connectivity index (χ4v) is 5.39. The second kappa shape index (κ2) is 7.08. The van der Waals surface area contributed by atoms with Crippen LogP contribution in [-0.2, 0) is 11.2 Å². The van der Waals surface area contributed by atoms with E-state index < -0.39 is 0 Å². The van der Waals surface area contributed by atoms with Crippen LogP contribution in [0, 0.1) is 11.8 Å². The Bertz CT molecular complexity index is 813. The largest absolute Gasteiger partial charge is 0.331 e. The van der Waals surface area contributed by atoms with Crippen molar-refractivity contribution in [3.8, 4) is 0 Å². The van der Waals surface area contributed by atoms with Gasteiger partial charge in [-0.3, -0.25) is 9.78 Å². The van der Waals surface area contributed by atoms with E-state index >= 15 is 0 Å². The fraction of sp³-hybridized carbons (Fsp3) is 0.478. The Kier molecular flexibility index (Phi) is 4.44. The second-order valence-electron chi connectivity index (χ2n) is 8.33. The molecule has 2 bridgehead atoms. The van der Waals surface area contributed by atoms with Crippen LogP contribution in [0.3, 0.4) is 0 Å². The number of fused-ring (bicyclic) bond motifs is 4. The summed E-state index contributed by atoms with van der Waals surface area (Å²) in [5.74, 6) is 1.59. The van der Waals surface area contributed by atoms with E-state index in [1.165, 1.54) is 37.1 Å². The van der Waals surface area contributed by atoms with Gasteiger partial charge < -0.3 is 9.80 Å². The smallest absolute Gasteiger partial charge is 0.223 e. The lowest BCUT2D eigenvalue weighted by Crippen LogP contribution is -2.49. The van der Waals surface area contributed by atoms with Crippen molar-refractivity contribution in [1.29, 1.82) is 0 Å². The summed E-state index contributed by atoms with van der Waals surface area (Å²) in [6.45, 7) is 4.37. The zero-order valence-corrected chi connectivity index (χ0v) is 15.8. The van der Waals surface area contributed by atoms with Crippen LogP contribution in [0.2, 0.25) is 0 Å².